The maximum absolute atomic E-state index is 12.1. The smallest absolute Gasteiger partial charge is 0.263 e. The molecule has 0 atom stereocenters. The second-order valence-electron chi connectivity index (χ2n) is 3.87. The van der Waals surface area contributed by atoms with Gasteiger partial charge in [-0.1, -0.05) is 29.3 Å². The van der Waals surface area contributed by atoms with Gasteiger partial charge in [0, 0.05) is 15.7 Å². The quantitative estimate of drug-likeness (QED) is 0.942. The predicted molar refractivity (Wildman–Crippen MR) is 76.2 cm³/mol. The number of pyridine rings is 1. The summed E-state index contributed by atoms with van der Waals surface area (Å²) in [5.74, 6) is 0.246. The molecular weight excluding hydrogens is 307 g/mol. The molecule has 0 radical (unpaired) electrons. The molecule has 1 heterocycles. The van der Waals surface area contributed by atoms with Crippen LogP contribution in [0.4, 0.5) is 5.82 Å². The van der Waals surface area contributed by atoms with E-state index in [9.17, 15) is 8.42 Å². The second-order valence-corrected chi connectivity index (χ2v) is 6.43. The number of nitrogens with one attached hydrogen (secondary N) is 1. The van der Waals surface area contributed by atoms with Crippen molar-refractivity contribution < 1.29 is 8.42 Å². The fourth-order valence-corrected chi connectivity index (χ4v) is 3.21. The van der Waals surface area contributed by atoms with E-state index in [0.29, 0.717) is 5.69 Å². The Morgan fingerprint density at radius 2 is 1.74 bits per heavy atom. The van der Waals surface area contributed by atoms with Crippen LogP contribution in [-0.4, -0.2) is 13.4 Å². The Balaban J connectivity index is 2.37. The molecule has 4 nitrogen and oxygen atoms in total. The number of hydrogen-bond donors (Lipinski definition) is 1. The summed E-state index contributed by atoms with van der Waals surface area (Å²) in [6.45, 7) is 1.77. The van der Waals surface area contributed by atoms with E-state index in [0.717, 1.165) is 0 Å². The number of sulfonamides is 1. The topological polar surface area (TPSA) is 59.1 Å². The van der Waals surface area contributed by atoms with Crippen LogP contribution in [0.3, 0.4) is 0 Å². The van der Waals surface area contributed by atoms with E-state index >= 15 is 0 Å². The number of benzene rings is 1. The molecule has 0 bridgehead atoms. The summed E-state index contributed by atoms with van der Waals surface area (Å²) in [6, 6.07) is 9.17. The number of aromatic nitrogens is 1. The summed E-state index contributed by atoms with van der Waals surface area (Å²) in [4.78, 5) is 4.07. The number of hydrogen-bond acceptors (Lipinski definition) is 3. The maximum Gasteiger partial charge on any atom is 0.263 e. The molecule has 0 spiro atoms. The summed E-state index contributed by atoms with van der Waals surface area (Å²) in [5, 5.41) is 0.509. The fourth-order valence-electron chi connectivity index (χ4n) is 1.48. The van der Waals surface area contributed by atoms with E-state index in [1.165, 1.54) is 18.2 Å². The van der Waals surface area contributed by atoms with Crippen molar-refractivity contribution in [3.8, 4) is 0 Å². The Labute approximate surface area is 121 Å². The Morgan fingerprint density at radius 3 is 2.32 bits per heavy atom. The first-order chi connectivity index (χ1) is 8.87. The minimum Gasteiger partial charge on any atom is -0.263 e. The zero-order chi connectivity index (χ0) is 14.0. The van der Waals surface area contributed by atoms with Gasteiger partial charge in [0.25, 0.3) is 10.0 Å². The van der Waals surface area contributed by atoms with E-state index in [1.54, 1.807) is 25.1 Å². The van der Waals surface area contributed by atoms with Crippen LogP contribution in [0.5, 0.6) is 0 Å². The van der Waals surface area contributed by atoms with Crippen LogP contribution in [-0.2, 0) is 10.0 Å². The van der Waals surface area contributed by atoms with Gasteiger partial charge in [-0.3, -0.25) is 4.72 Å². The van der Waals surface area contributed by atoms with Crippen molar-refractivity contribution in [2.75, 3.05) is 4.72 Å². The van der Waals surface area contributed by atoms with Crippen molar-refractivity contribution in [2.24, 2.45) is 0 Å². The molecule has 0 fully saturated rings. The van der Waals surface area contributed by atoms with Crippen LogP contribution < -0.4 is 4.72 Å². The van der Waals surface area contributed by atoms with Crippen LogP contribution in [0.2, 0.25) is 10.0 Å². The molecule has 0 aliphatic rings. The molecule has 0 aliphatic carbocycles. The molecule has 1 aromatic carbocycles. The standard InChI is InChI=1S/C12H10Cl2N2O2S/c1-8-3-2-4-12(15-8)16-19(17,18)11-6-9(13)5-10(14)7-11/h2-7H,1H3,(H,15,16). The van der Waals surface area contributed by atoms with Crippen molar-refractivity contribution in [3.05, 3.63) is 52.1 Å². The van der Waals surface area contributed by atoms with Crippen molar-refractivity contribution in [1.82, 2.24) is 4.98 Å². The first-order valence-electron chi connectivity index (χ1n) is 5.29. The van der Waals surface area contributed by atoms with Gasteiger partial charge in [0.2, 0.25) is 0 Å². The highest BCUT2D eigenvalue weighted by Gasteiger charge is 2.16. The van der Waals surface area contributed by atoms with Crippen LogP contribution in [0.25, 0.3) is 0 Å². The third kappa shape index (κ3) is 3.59. The SMILES string of the molecule is Cc1cccc(NS(=O)(=O)c2cc(Cl)cc(Cl)c2)n1. The van der Waals surface area contributed by atoms with E-state index in [2.05, 4.69) is 9.71 Å². The average Bonchev–Trinajstić information content (AvgIpc) is 2.26. The van der Waals surface area contributed by atoms with Crippen LogP contribution in [0, 0.1) is 6.92 Å². The minimum atomic E-state index is -3.76. The number of anilines is 1. The van der Waals surface area contributed by atoms with Crippen molar-refractivity contribution in [3.63, 3.8) is 0 Å². The largest absolute Gasteiger partial charge is 0.263 e. The molecule has 2 aromatic rings. The van der Waals surface area contributed by atoms with Gasteiger partial charge in [-0.25, -0.2) is 13.4 Å². The lowest BCUT2D eigenvalue weighted by Gasteiger charge is -2.08. The Hall–Kier alpha value is -1.30. The van der Waals surface area contributed by atoms with Crippen molar-refractivity contribution in [1.29, 1.82) is 0 Å². The molecule has 1 aromatic heterocycles. The van der Waals surface area contributed by atoms with Gasteiger partial charge < -0.3 is 0 Å². The number of aryl methyl sites for hydroxylation is 1. The van der Waals surface area contributed by atoms with E-state index in [-0.39, 0.29) is 20.8 Å². The monoisotopic (exact) mass is 316 g/mol. The highest BCUT2D eigenvalue weighted by molar-refractivity contribution is 7.92. The third-order valence-corrected chi connectivity index (χ3v) is 4.04. The molecule has 0 saturated carbocycles. The molecule has 0 aliphatic heterocycles. The zero-order valence-electron chi connectivity index (χ0n) is 9.89. The average molecular weight is 317 g/mol. The number of rotatable bonds is 3. The molecule has 2 rings (SSSR count). The first-order valence-corrected chi connectivity index (χ1v) is 7.53. The van der Waals surface area contributed by atoms with Gasteiger partial charge in [-0.05, 0) is 37.3 Å². The lowest BCUT2D eigenvalue weighted by molar-refractivity contribution is 0.601. The van der Waals surface area contributed by atoms with Gasteiger partial charge in [0.1, 0.15) is 5.82 Å². The van der Waals surface area contributed by atoms with Crippen LogP contribution >= 0.6 is 23.2 Å². The van der Waals surface area contributed by atoms with Gasteiger partial charge in [-0.2, -0.15) is 0 Å². The van der Waals surface area contributed by atoms with Gasteiger partial charge >= 0.3 is 0 Å². The molecule has 100 valence electrons. The highest BCUT2D eigenvalue weighted by atomic mass is 35.5. The van der Waals surface area contributed by atoms with Gasteiger partial charge in [0.05, 0.1) is 4.90 Å². The summed E-state index contributed by atoms with van der Waals surface area (Å²) in [6.07, 6.45) is 0. The summed E-state index contributed by atoms with van der Waals surface area (Å²) < 4.78 is 26.7. The van der Waals surface area contributed by atoms with Crippen LogP contribution in [0.15, 0.2) is 41.3 Å². The molecule has 1 N–H and O–H groups in total. The van der Waals surface area contributed by atoms with Gasteiger partial charge in [0.15, 0.2) is 0 Å². The molecule has 0 unspecified atom stereocenters. The fraction of sp³-hybridized carbons (Fsp3) is 0.0833. The summed E-state index contributed by atoms with van der Waals surface area (Å²) in [5.41, 5.74) is 0.712. The molecule has 7 heteroatoms. The van der Waals surface area contributed by atoms with Gasteiger partial charge in [-0.15, -0.1) is 0 Å². The normalized spacial score (nSPS) is 11.3. The Bertz CT molecular complexity index is 697. The first kappa shape index (κ1) is 14.1. The predicted octanol–water partition coefficient (Wildman–Crippen LogP) is 3.50. The Morgan fingerprint density at radius 1 is 1.11 bits per heavy atom. The van der Waals surface area contributed by atoms with Crippen molar-refractivity contribution >= 4 is 39.0 Å². The van der Waals surface area contributed by atoms with Crippen molar-refractivity contribution in [2.45, 2.75) is 11.8 Å². The molecule has 0 saturated heterocycles. The number of nitrogens with zero attached hydrogens (tertiary/aromatic N) is 1. The lowest BCUT2D eigenvalue weighted by atomic mass is 10.4. The minimum absolute atomic E-state index is 0.00620. The number of halogens is 2. The third-order valence-electron chi connectivity index (χ3n) is 2.27. The summed E-state index contributed by atoms with van der Waals surface area (Å²) >= 11 is 11.6. The Kier molecular flexibility index (Phi) is 3.99. The molecule has 19 heavy (non-hydrogen) atoms. The molecular formula is C12H10Cl2N2O2S. The second kappa shape index (κ2) is 5.36. The summed E-state index contributed by atoms with van der Waals surface area (Å²) in [7, 11) is -3.76. The zero-order valence-corrected chi connectivity index (χ0v) is 12.2. The molecule has 0 amide bonds. The van der Waals surface area contributed by atoms with Crippen LogP contribution in [0.1, 0.15) is 5.69 Å². The highest BCUT2D eigenvalue weighted by Crippen LogP contribution is 2.23. The maximum atomic E-state index is 12.1. The van der Waals surface area contributed by atoms with E-state index in [1.807, 2.05) is 0 Å². The lowest BCUT2D eigenvalue weighted by Crippen LogP contribution is -2.14. The van der Waals surface area contributed by atoms with E-state index in [4.69, 9.17) is 23.2 Å². The van der Waals surface area contributed by atoms with E-state index < -0.39 is 10.0 Å².